The molecule has 1 aromatic heterocycles. The minimum Gasteiger partial charge on any atom is -0.488 e. The van der Waals surface area contributed by atoms with E-state index in [1.807, 2.05) is 13.8 Å². The summed E-state index contributed by atoms with van der Waals surface area (Å²) in [5.74, 6) is -0.908. The monoisotopic (exact) mass is 444 g/mol. The van der Waals surface area contributed by atoms with Crippen molar-refractivity contribution in [1.29, 1.82) is 0 Å². The number of ether oxygens (including phenoxy) is 3. The summed E-state index contributed by atoms with van der Waals surface area (Å²) in [6.07, 6.45) is 5.09. The van der Waals surface area contributed by atoms with Crippen molar-refractivity contribution in [3.63, 3.8) is 0 Å². The molecule has 1 aromatic carbocycles. The second-order valence-electron chi connectivity index (χ2n) is 6.52. The minimum atomic E-state index is -1.21. The van der Waals surface area contributed by atoms with Crippen molar-refractivity contribution in [2.45, 2.75) is 20.0 Å². The molecular weight excluding hydrogens is 418 g/mol. The molecular formula is C21H26N5O6+. The fourth-order valence-corrected chi connectivity index (χ4v) is 2.44. The van der Waals surface area contributed by atoms with E-state index in [9.17, 15) is 9.59 Å². The number of carboxylic acid groups (broad SMARTS) is 1. The van der Waals surface area contributed by atoms with Crippen molar-refractivity contribution < 1.29 is 34.3 Å². The molecule has 0 unspecified atom stereocenters. The van der Waals surface area contributed by atoms with Crippen LogP contribution in [0.15, 0.2) is 42.9 Å². The van der Waals surface area contributed by atoms with Crippen LogP contribution in [0.3, 0.4) is 0 Å². The highest BCUT2D eigenvalue weighted by Crippen LogP contribution is 2.27. The van der Waals surface area contributed by atoms with E-state index in [1.165, 1.54) is 24.4 Å². The first-order chi connectivity index (χ1) is 15.3. The first-order valence-electron chi connectivity index (χ1n) is 9.70. The molecule has 11 heteroatoms. The number of carbonyl (C=O) groups excluding carboxylic acids is 1. The maximum atomic E-state index is 12.7. The third kappa shape index (κ3) is 7.69. The Bertz CT molecular complexity index is 977. The first-order valence-corrected chi connectivity index (χ1v) is 9.70. The van der Waals surface area contributed by atoms with Crippen molar-refractivity contribution in [2.24, 2.45) is 0 Å². The van der Waals surface area contributed by atoms with Crippen LogP contribution in [0.4, 0.5) is 0 Å². The van der Waals surface area contributed by atoms with Crippen LogP contribution >= 0.6 is 0 Å². The Balaban J connectivity index is 2.26. The van der Waals surface area contributed by atoms with E-state index in [4.69, 9.17) is 24.7 Å². The van der Waals surface area contributed by atoms with Gasteiger partial charge in [-0.25, -0.2) is 24.9 Å². The van der Waals surface area contributed by atoms with E-state index in [0.717, 1.165) is 6.20 Å². The van der Waals surface area contributed by atoms with Crippen LogP contribution in [0.5, 0.6) is 17.4 Å². The molecule has 0 aliphatic heterocycles. The number of methoxy groups -OCH3 is 1. The summed E-state index contributed by atoms with van der Waals surface area (Å²) >= 11 is 0. The van der Waals surface area contributed by atoms with Gasteiger partial charge in [0, 0.05) is 32.0 Å². The van der Waals surface area contributed by atoms with E-state index >= 15 is 0 Å². The number of aromatic carboxylic acids is 1. The van der Waals surface area contributed by atoms with Gasteiger partial charge in [0.2, 0.25) is 5.88 Å². The number of nitrogens with two attached hydrogens (primary N) is 1. The van der Waals surface area contributed by atoms with Gasteiger partial charge in [-0.2, -0.15) is 0 Å². The number of nitrogens with one attached hydrogen (secondary N) is 2. The Morgan fingerprint density at radius 2 is 1.97 bits per heavy atom. The number of benzene rings is 1. The molecule has 1 amide bonds. The second-order valence-corrected chi connectivity index (χ2v) is 6.52. The van der Waals surface area contributed by atoms with Crippen molar-refractivity contribution in [3.05, 3.63) is 54.1 Å². The standard InChI is InChI=1S/C21H25N5O6/c1-4-23-6-5-18(22)26-20(27)14-7-15(31-13(2)12-30-3)9-16(8-14)32-19-11-24-17(10-25-19)21(28)29/h5-11,13,23H,4,12H2,1-3H3,(H,28,29)(H2,22,26,27)/p+1/b6-5-/t13-/m0/s1. The highest BCUT2D eigenvalue weighted by molar-refractivity contribution is 6.08. The van der Waals surface area contributed by atoms with E-state index in [2.05, 4.69) is 20.6 Å². The average molecular weight is 444 g/mol. The van der Waals surface area contributed by atoms with Crippen molar-refractivity contribution in [3.8, 4) is 17.4 Å². The second kappa shape index (κ2) is 12.0. The summed E-state index contributed by atoms with van der Waals surface area (Å²) in [6, 6.07) is 4.57. The van der Waals surface area contributed by atoms with Gasteiger partial charge in [0.15, 0.2) is 5.69 Å². The predicted octanol–water partition coefficient (Wildman–Crippen LogP) is 0.391. The van der Waals surface area contributed by atoms with Gasteiger partial charge in [-0.05, 0) is 26.0 Å². The molecule has 1 heterocycles. The maximum Gasteiger partial charge on any atom is 0.356 e. The van der Waals surface area contributed by atoms with Gasteiger partial charge in [-0.3, -0.25) is 5.41 Å². The van der Waals surface area contributed by atoms with E-state index in [-0.39, 0.29) is 34.8 Å². The molecule has 1 atom stereocenters. The van der Waals surface area contributed by atoms with Crippen LogP contribution in [-0.4, -0.2) is 59.2 Å². The topological polar surface area (TPSA) is 157 Å². The molecule has 2 rings (SSSR count). The number of amides is 1. The number of carbonyl (C=O) groups is 2. The SMILES string of the molecule is CCN/C=C\C(=[NH2+])NC(=O)c1cc(Oc2cnc(C(=O)O)cn2)cc(O[C@@H](C)COC)c1. The fourth-order valence-electron chi connectivity index (χ4n) is 2.44. The molecule has 2 aromatic rings. The first kappa shape index (κ1) is 24.3. The number of carboxylic acids is 1. The Kier molecular flexibility index (Phi) is 9.11. The summed E-state index contributed by atoms with van der Waals surface area (Å²) in [6.45, 7) is 4.79. The van der Waals surface area contributed by atoms with Crippen LogP contribution in [0.1, 0.15) is 34.7 Å². The molecule has 5 N–H and O–H groups in total. The van der Waals surface area contributed by atoms with Crippen molar-refractivity contribution in [1.82, 2.24) is 20.6 Å². The summed E-state index contributed by atoms with van der Waals surface area (Å²) < 4.78 is 16.5. The average Bonchev–Trinajstić information content (AvgIpc) is 2.74. The Hall–Kier alpha value is -3.99. The molecule has 0 aliphatic rings. The lowest BCUT2D eigenvalue weighted by atomic mass is 10.2. The summed E-state index contributed by atoms with van der Waals surface area (Å²) in [5, 5.41) is 20.3. The normalized spacial score (nSPS) is 11.6. The Morgan fingerprint density at radius 3 is 2.59 bits per heavy atom. The molecule has 0 aliphatic carbocycles. The Labute approximate surface area is 184 Å². The lowest BCUT2D eigenvalue weighted by Crippen LogP contribution is -2.49. The van der Waals surface area contributed by atoms with Crippen LogP contribution in [0.2, 0.25) is 0 Å². The lowest BCUT2D eigenvalue weighted by molar-refractivity contribution is -0.115. The molecule has 0 spiro atoms. The predicted molar refractivity (Wildman–Crippen MR) is 115 cm³/mol. The molecule has 0 fully saturated rings. The third-order valence-corrected chi connectivity index (χ3v) is 3.79. The van der Waals surface area contributed by atoms with Crippen LogP contribution in [0.25, 0.3) is 0 Å². The number of hydrogen-bond acceptors (Lipinski definition) is 8. The van der Waals surface area contributed by atoms with Crippen LogP contribution in [-0.2, 0) is 4.74 Å². The molecule has 170 valence electrons. The van der Waals surface area contributed by atoms with E-state index in [1.54, 1.807) is 19.4 Å². The van der Waals surface area contributed by atoms with Gasteiger partial charge in [0.1, 0.15) is 17.6 Å². The quantitative estimate of drug-likeness (QED) is 0.284. The number of rotatable bonds is 11. The van der Waals surface area contributed by atoms with E-state index in [0.29, 0.717) is 18.9 Å². The van der Waals surface area contributed by atoms with Gasteiger partial charge >= 0.3 is 11.9 Å². The van der Waals surface area contributed by atoms with Crippen molar-refractivity contribution in [2.75, 3.05) is 20.3 Å². The largest absolute Gasteiger partial charge is 0.488 e. The highest BCUT2D eigenvalue weighted by Gasteiger charge is 2.17. The zero-order valence-corrected chi connectivity index (χ0v) is 18.0. The van der Waals surface area contributed by atoms with Gasteiger partial charge < -0.3 is 24.6 Å². The summed E-state index contributed by atoms with van der Waals surface area (Å²) in [5.41, 5.74) is -0.00319. The van der Waals surface area contributed by atoms with Gasteiger partial charge in [-0.1, -0.05) is 0 Å². The minimum absolute atomic E-state index is 0.0445. The summed E-state index contributed by atoms with van der Waals surface area (Å²) in [4.78, 5) is 31.3. The molecule has 0 saturated carbocycles. The molecule has 0 saturated heterocycles. The summed E-state index contributed by atoms with van der Waals surface area (Å²) in [7, 11) is 1.55. The molecule has 0 bridgehead atoms. The van der Waals surface area contributed by atoms with Gasteiger partial charge in [-0.15, -0.1) is 0 Å². The van der Waals surface area contributed by atoms with Gasteiger partial charge in [0.25, 0.3) is 5.84 Å². The lowest BCUT2D eigenvalue weighted by Gasteiger charge is -2.15. The zero-order chi connectivity index (χ0) is 23.5. The van der Waals surface area contributed by atoms with E-state index < -0.39 is 11.9 Å². The molecule has 11 nitrogen and oxygen atoms in total. The molecule has 32 heavy (non-hydrogen) atoms. The van der Waals surface area contributed by atoms with Crippen molar-refractivity contribution >= 4 is 17.7 Å². The number of nitrogens with zero attached hydrogens (tertiary/aromatic N) is 2. The van der Waals surface area contributed by atoms with Crippen LogP contribution < -0.4 is 25.5 Å². The maximum absolute atomic E-state index is 12.7. The van der Waals surface area contributed by atoms with Crippen LogP contribution in [0, 0.1) is 0 Å². The third-order valence-electron chi connectivity index (χ3n) is 3.79. The fraction of sp³-hybridized carbons (Fsp3) is 0.286. The molecule has 0 radical (unpaired) electrons. The Morgan fingerprint density at radius 1 is 1.22 bits per heavy atom. The number of aromatic nitrogens is 2. The smallest absolute Gasteiger partial charge is 0.356 e. The number of amidine groups is 1. The highest BCUT2D eigenvalue weighted by atomic mass is 16.5. The van der Waals surface area contributed by atoms with Gasteiger partial charge in [0.05, 0.1) is 24.6 Å². The number of hydrogen-bond donors (Lipinski definition) is 4. The zero-order valence-electron chi connectivity index (χ0n) is 18.0.